The number of fused-ring (bicyclic) bond motifs is 1. The van der Waals surface area contributed by atoms with E-state index in [1.807, 2.05) is 0 Å². The van der Waals surface area contributed by atoms with Crippen LogP contribution in [-0.4, -0.2) is 17.8 Å². The summed E-state index contributed by atoms with van der Waals surface area (Å²) < 4.78 is 41.5. The summed E-state index contributed by atoms with van der Waals surface area (Å²) in [5.74, 6) is 0.388. The fourth-order valence-electron chi connectivity index (χ4n) is 1.74. The fourth-order valence-corrected chi connectivity index (χ4v) is 1.74. The van der Waals surface area contributed by atoms with E-state index in [0.29, 0.717) is 22.2 Å². The van der Waals surface area contributed by atoms with Crippen LogP contribution in [0.3, 0.4) is 0 Å². The molecule has 3 nitrogen and oxygen atoms in total. The Hall–Kier alpha value is -1.98. The van der Waals surface area contributed by atoms with Crippen LogP contribution in [0, 0.1) is 6.92 Å². The minimum Gasteiger partial charge on any atom is -0.493 e. The van der Waals surface area contributed by atoms with E-state index in [-0.39, 0.29) is 0 Å². The highest BCUT2D eigenvalue weighted by Crippen LogP contribution is 2.30. The van der Waals surface area contributed by atoms with Gasteiger partial charge < -0.3 is 10.5 Å². The van der Waals surface area contributed by atoms with Gasteiger partial charge in [-0.2, -0.15) is 13.2 Å². The second kappa shape index (κ2) is 4.95. The maximum absolute atomic E-state index is 12.1. The van der Waals surface area contributed by atoms with Crippen LogP contribution in [0.25, 0.3) is 10.8 Å². The summed E-state index contributed by atoms with van der Waals surface area (Å²) in [5, 5.41) is 1.35. The van der Waals surface area contributed by atoms with Crippen molar-refractivity contribution < 1.29 is 17.9 Å². The van der Waals surface area contributed by atoms with Gasteiger partial charge in [0.2, 0.25) is 0 Å². The van der Waals surface area contributed by atoms with E-state index in [1.54, 1.807) is 31.3 Å². The van der Waals surface area contributed by atoms with E-state index in [2.05, 4.69) is 4.98 Å². The fraction of sp³-hybridized carbons (Fsp3) is 0.308. The Morgan fingerprint density at radius 2 is 2.00 bits per heavy atom. The minimum absolute atomic E-state index is 0.388. The molecule has 19 heavy (non-hydrogen) atoms. The lowest BCUT2D eigenvalue weighted by Crippen LogP contribution is -2.13. The summed E-state index contributed by atoms with van der Waals surface area (Å²) in [5.41, 5.74) is 7.07. The molecule has 2 rings (SSSR count). The number of ether oxygens (including phenoxy) is 1. The number of anilines is 1. The summed E-state index contributed by atoms with van der Waals surface area (Å²) in [6, 6.07) is 4.92. The van der Waals surface area contributed by atoms with Crippen molar-refractivity contribution >= 4 is 16.5 Å². The molecular weight excluding hydrogens is 257 g/mol. The smallest absolute Gasteiger partial charge is 0.392 e. The maximum Gasteiger partial charge on any atom is 0.392 e. The third-order valence-electron chi connectivity index (χ3n) is 2.67. The minimum atomic E-state index is -4.22. The first-order chi connectivity index (χ1) is 8.87. The first-order valence-corrected chi connectivity index (χ1v) is 5.71. The number of aryl methyl sites for hydroxylation is 1. The van der Waals surface area contributed by atoms with Crippen molar-refractivity contribution in [3.63, 3.8) is 0 Å². The van der Waals surface area contributed by atoms with E-state index in [0.717, 1.165) is 5.69 Å². The standard InChI is InChI=1S/C13H13F3N2O/c1-8-6-9-10(7-18-8)11(17)2-3-12(9)19-5-4-13(14,15)16/h2-3,6-7H,4-5,17H2,1H3. The molecule has 0 radical (unpaired) electrons. The Bertz CT molecular complexity index is 596. The molecule has 0 aliphatic heterocycles. The molecule has 0 saturated heterocycles. The first-order valence-electron chi connectivity index (χ1n) is 5.71. The zero-order valence-corrected chi connectivity index (χ0v) is 10.3. The number of benzene rings is 1. The summed E-state index contributed by atoms with van der Waals surface area (Å²) in [6.45, 7) is 1.38. The zero-order valence-electron chi connectivity index (χ0n) is 10.3. The number of alkyl halides is 3. The van der Waals surface area contributed by atoms with Gasteiger partial charge in [0.15, 0.2) is 0 Å². The average Bonchev–Trinajstić information content (AvgIpc) is 2.30. The van der Waals surface area contributed by atoms with Gasteiger partial charge in [0, 0.05) is 28.4 Å². The molecule has 0 amide bonds. The highest BCUT2D eigenvalue weighted by molar-refractivity contribution is 5.96. The molecule has 0 saturated carbocycles. The molecule has 1 heterocycles. The van der Waals surface area contributed by atoms with Gasteiger partial charge in [-0.3, -0.25) is 4.98 Å². The van der Waals surface area contributed by atoms with Gasteiger partial charge in [0.25, 0.3) is 0 Å². The van der Waals surface area contributed by atoms with Crippen LogP contribution >= 0.6 is 0 Å². The van der Waals surface area contributed by atoms with Gasteiger partial charge in [-0.05, 0) is 25.1 Å². The van der Waals surface area contributed by atoms with Gasteiger partial charge in [0.1, 0.15) is 5.75 Å². The van der Waals surface area contributed by atoms with Crippen LogP contribution in [0.2, 0.25) is 0 Å². The maximum atomic E-state index is 12.1. The largest absolute Gasteiger partial charge is 0.493 e. The van der Waals surface area contributed by atoms with Crippen LogP contribution in [0.15, 0.2) is 24.4 Å². The lowest BCUT2D eigenvalue weighted by molar-refractivity contribution is -0.139. The van der Waals surface area contributed by atoms with Gasteiger partial charge in [-0.15, -0.1) is 0 Å². The molecule has 1 aromatic heterocycles. The van der Waals surface area contributed by atoms with Crippen LogP contribution in [0.5, 0.6) is 5.75 Å². The molecule has 102 valence electrons. The molecule has 0 aliphatic rings. The van der Waals surface area contributed by atoms with Crippen molar-refractivity contribution in [3.05, 3.63) is 30.1 Å². The second-order valence-corrected chi connectivity index (χ2v) is 4.24. The number of halogens is 3. The van der Waals surface area contributed by atoms with E-state index < -0.39 is 19.2 Å². The topological polar surface area (TPSA) is 48.1 Å². The number of rotatable bonds is 3. The molecule has 0 spiro atoms. The molecule has 0 aliphatic carbocycles. The summed E-state index contributed by atoms with van der Waals surface area (Å²) in [6.07, 6.45) is -3.61. The molecule has 0 bridgehead atoms. The number of nitrogen functional groups attached to an aromatic ring is 1. The van der Waals surface area contributed by atoms with Gasteiger partial charge in [-0.25, -0.2) is 0 Å². The van der Waals surface area contributed by atoms with Crippen LogP contribution in [-0.2, 0) is 0 Å². The zero-order chi connectivity index (χ0) is 14.0. The summed E-state index contributed by atoms with van der Waals surface area (Å²) in [7, 11) is 0. The van der Waals surface area contributed by atoms with E-state index >= 15 is 0 Å². The lowest BCUT2D eigenvalue weighted by atomic mass is 10.1. The summed E-state index contributed by atoms with van der Waals surface area (Å²) >= 11 is 0. The monoisotopic (exact) mass is 270 g/mol. The van der Waals surface area contributed by atoms with Gasteiger partial charge in [0.05, 0.1) is 13.0 Å². The molecule has 6 heteroatoms. The van der Waals surface area contributed by atoms with Crippen molar-refractivity contribution in [2.24, 2.45) is 0 Å². The molecule has 0 atom stereocenters. The highest BCUT2D eigenvalue weighted by atomic mass is 19.4. The number of pyridine rings is 1. The third kappa shape index (κ3) is 3.27. The molecular formula is C13H13F3N2O. The molecule has 1 aromatic carbocycles. The van der Waals surface area contributed by atoms with Crippen LogP contribution in [0.1, 0.15) is 12.1 Å². The summed E-state index contributed by atoms with van der Waals surface area (Å²) in [4.78, 5) is 4.11. The molecule has 0 fully saturated rings. The predicted octanol–water partition coefficient (Wildman–Crippen LogP) is 3.46. The van der Waals surface area contributed by atoms with Crippen molar-refractivity contribution in [2.75, 3.05) is 12.3 Å². The molecule has 2 N–H and O–H groups in total. The van der Waals surface area contributed by atoms with E-state index in [4.69, 9.17) is 10.5 Å². The van der Waals surface area contributed by atoms with E-state index in [1.165, 1.54) is 0 Å². The number of hydrogen-bond acceptors (Lipinski definition) is 3. The van der Waals surface area contributed by atoms with Crippen LogP contribution < -0.4 is 10.5 Å². The van der Waals surface area contributed by atoms with Crippen molar-refractivity contribution in [1.29, 1.82) is 0 Å². The average molecular weight is 270 g/mol. The highest BCUT2D eigenvalue weighted by Gasteiger charge is 2.26. The SMILES string of the molecule is Cc1cc2c(OCCC(F)(F)F)ccc(N)c2cn1. The van der Waals surface area contributed by atoms with Crippen molar-refractivity contribution in [1.82, 2.24) is 4.98 Å². The predicted molar refractivity (Wildman–Crippen MR) is 67.1 cm³/mol. The molecule has 2 aromatic rings. The Morgan fingerprint density at radius 1 is 1.26 bits per heavy atom. The Morgan fingerprint density at radius 3 is 2.68 bits per heavy atom. The Kier molecular flexibility index (Phi) is 3.50. The molecule has 0 unspecified atom stereocenters. The van der Waals surface area contributed by atoms with Crippen LogP contribution in [0.4, 0.5) is 18.9 Å². The number of hydrogen-bond donors (Lipinski definition) is 1. The van der Waals surface area contributed by atoms with Crippen molar-refractivity contribution in [3.8, 4) is 5.75 Å². The number of nitrogens with zero attached hydrogens (tertiary/aromatic N) is 1. The quantitative estimate of drug-likeness (QED) is 0.869. The number of nitrogens with two attached hydrogens (primary N) is 1. The van der Waals surface area contributed by atoms with Crippen molar-refractivity contribution in [2.45, 2.75) is 19.5 Å². The van der Waals surface area contributed by atoms with Gasteiger partial charge in [-0.1, -0.05) is 0 Å². The van der Waals surface area contributed by atoms with Gasteiger partial charge >= 0.3 is 6.18 Å². The Labute approximate surface area is 108 Å². The third-order valence-corrected chi connectivity index (χ3v) is 2.67. The van der Waals surface area contributed by atoms with E-state index in [9.17, 15) is 13.2 Å². The second-order valence-electron chi connectivity index (χ2n) is 4.24. The Balaban J connectivity index is 2.28. The first kappa shape index (κ1) is 13.5. The lowest BCUT2D eigenvalue weighted by Gasteiger charge is -2.12. The normalized spacial score (nSPS) is 11.8. The number of aromatic nitrogens is 1.